The van der Waals surface area contributed by atoms with E-state index in [1.165, 1.54) is 0 Å². The number of carbonyl (C=O) groups is 1. The van der Waals surface area contributed by atoms with Gasteiger partial charge in [-0.3, -0.25) is 4.79 Å². The first kappa shape index (κ1) is 19.4. The standard InChI is InChI=1S/C14H13NO3S.2ClH/c1-19(17,18)15-14(16)13-9-7-12(8-10-13)11-5-3-2-4-6-11;;/h2-10H,1H3,(H,15,16);2*1H. The Morgan fingerprint density at radius 2 is 1.33 bits per heavy atom. The maximum atomic E-state index is 11.6. The van der Waals surface area contributed by atoms with Gasteiger partial charge in [-0.25, -0.2) is 13.1 Å². The number of sulfonamides is 1. The van der Waals surface area contributed by atoms with E-state index in [-0.39, 0.29) is 24.8 Å². The van der Waals surface area contributed by atoms with Crippen LogP contribution in [0.5, 0.6) is 0 Å². The van der Waals surface area contributed by atoms with E-state index in [0.29, 0.717) is 5.56 Å². The number of hydrogen-bond acceptors (Lipinski definition) is 3. The van der Waals surface area contributed by atoms with Crippen molar-refractivity contribution in [2.45, 2.75) is 0 Å². The van der Waals surface area contributed by atoms with Gasteiger partial charge in [-0.15, -0.1) is 24.8 Å². The van der Waals surface area contributed by atoms with Crippen LogP contribution in [0.25, 0.3) is 11.1 Å². The molecule has 0 saturated heterocycles. The molecule has 0 saturated carbocycles. The summed E-state index contributed by atoms with van der Waals surface area (Å²) >= 11 is 0. The quantitative estimate of drug-likeness (QED) is 0.928. The van der Waals surface area contributed by atoms with E-state index in [2.05, 4.69) is 0 Å². The molecule has 2 rings (SSSR count). The molecule has 0 aliphatic heterocycles. The molecule has 0 atom stereocenters. The van der Waals surface area contributed by atoms with E-state index in [1.54, 1.807) is 24.3 Å². The highest BCUT2D eigenvalue weighted by Gasteiger charge is 2.10. The molecule has 2 aromatic carbocycles. The fraction of sp³-hybridized carbons (Fsp3) is 0.0714. The van der Waals surface area contributed by atoms with Crippen molar-refractivity contribution in [3.05, 3.63) is 60.2 Å². The molecule has 0 unspecified atom stereocenters. The highest BCUT2D eigenvalue weighted by molar-refractivity contribution is 7.89. The van der Waals surface area contributed by atoms with Crippen LogP contribution in [-0.4, -0.2) is 20.6 Å². The molecule has 0 radical (unpaired) electrons. The van der Waals surface area contributed by atoms with Crippen LogP contribution in [-0.2, 0) is 10.0 Å². The molecular formula is C14H15Cl2NO3S. The highest BCUT2D eigenvalue weighted by atomic mass is 35.5. The van der Waals surface area contributed by atoms with Gasteiger partial charge in [0.25, 0.3) is 5.91 Å². The Bertz CT molecular complexity index is 686. The summed E-state index contributed by atoms with van der Waals surface area (Å²) in [4.78, 5) is 11.6. The predicted molar refractivity (Wildman–Crippen MR) is 88.7 cm³/mol. The normalized spacial score (nSPS) is 9.95. The molecule has 0 fully saturated rings. The summed E-state index contributed by atoms with van der Waals surface area (Å²) in [5.74, 6) is -0.623. The average molecular weight is 348 g/mol. The van der Waals surface area contributed by atoms with Gasteiger partial charge in [0.05, 0.1) is 6.26 Å². The first-order valence-corrected chi connectivity index (χ1v) is 7.52. The van der Waals surface area contributed by atoms with Gasteiger partial charge in [0.1, 0.15) is 0 Å². The lowest BCUT2D eigenvalue weighted by molar-refractivity contribution is 0.0981. The minimum atomic E-state index is -3.53. The summed E-state index contributed by atoms with van der Waals surface area (Å²) in [6.07, 6.45) is 0.948. The van der Waals surface area contributed by atoms with Crippen molar-refractivity contribution in [1.29, 1.82) is 0 Å². The first-order chi connectivity index (χ1) is 8.96. The van der Waals surface area contributed by atoms with Crippen molar-refractivity contribution >= 4 is 40.7 Å². The maximum absolute atomic E-state index is 11.6. The SMILES string of the molecule is CS(=O)(=O)NC(=O)c1ccc(-c2ccccc2)cc1.Cl.Cl. The zero-order chi connectivity index (χ0) is 13.9. The number of halogens is 2. The lowest BCUT2D eigenvalue weighted by Gasteiger charge is -2.05. The molecule has 7 heteroatoms. The van der Waals surface area contributed by atoms with Crippen molar-refractivity contribution in [2.24, 2.45) is 0 Å². The monoisotopic (exact) mass is 347 g/mol. The Kier molecular flexibility index (Phi) is 7.43. The van der Waals surface area contributed by atoms with Crippen LogP contribution >= 0.6 is 24.8 Å². The molecule has 0 bridgehead atoms. The molecule has 0 aromatic heterocycles. The fourth-order valence-electron chi connectivity index (χ4n) is 1.67. The third kappa shape index (κ3) is 5.75. The van der Waals surface area contributed by atoms with E-state index in [4.69, 9.17) is 0 Å². The van der Waals surface area contributed by atoms with E-state index in [0.717, 1.165) is 17.4 Å². The van der Waals surface area contributed by atoms with E-state index in [9.17, 15) is 13.2 Å². The van der Waals surface area contributed by atoms with Crippen molar-refractivity contribution in [3.8, 4) is 11.1 Å². The van der Waals surface area contributed by atoms with E-state index >= 15 is 0 Å². The fourth-order valence-corrected chi connectivity index (χ4v) is 2.13. The molecule has 1 N–H and O–H groups in total. The van der Waals surface area contributed by atoms with Crippen LogP contribution < -0.4 is 4.72 Å². The van der Waals surface area contributed by atoms with Gasteiger partial charge in [0, 0.05) is 5.56 Å². The Morgan fingerprint density at radius 3 is 1.81 bits per heavy atom. The van der Waals surface area contributed by atoms with Crippen LogP contribution in [0.15, 0.2) is 54.6 Å². The van der Waals surface area contributed by atoms with Crippen LogP contribution in [0.2, 0.25) is 0 Å². The number of benzene rings is 2. The van der Waals surface area contributed by atoms with Crippen molar-refractivity contribution in [3.63, 3.8) is 0 Å². The summed E-state index contributed by atoms with van der Waals surface area (Å²) in [6, 6.07) is 16.5. The molecule has 21 heavy (non-hydrogen) atoms. The third-order valence-corrected chi connectivity index (χ3v) is 3.09. The largest absolute Gasteiger partial charge is 0.268 e. The van der Waals surface area contributed by atoms with Crippen LogP contribution in [0.4, 0.5) is 0 Å². The van der Waals surface area contributed by atoms with Gasteiger partial charge in [-0.2, -0.15) is 0 Å². The number of carbonyl (C=O) groups excluding carboxylic acids is 1. The third-order valence-electron chi connectivity index (χ3n) is 2.53. The molecule has 1 amide bonds. The van der Waals surface area contributed by atoms with Crippen molar-refractivity contribution in [2.75, 3.05) is 6.26 Å². The number of hydrogen-bond donors (Lipinski definition) is 1. The Morgan fingerprint density at radius 1 is 0.857 bits per heavy atom. The van der Waals surface area contributed by atoms with Crippen LogP contribution in [0, 0.1) is 0 Å². The Labute approximate surface area is 136 Å². The maximum Gasteiger partial charge on any atom is 0.264 e. The molecule has 2 aromatic rings. The average Bonchev–Trinajstić information content (AvgIpc) is 2.38. The van der Waals surface area contributed by atoms with Crippen LogP contribution in [0.3, 0.4) is 0 Å². The molecule has 0 aliphatic carbocycles. The van der Waals surface area contributed by atoms with E-state index < -0.39 is 15.9 Å². The predicted octanol–water partition coefficient (Wildman–Crippen LogP) is 2.89. The van der Waals surface area contributed by atoms with Crippen molar-refractivity contribution < 1.29 is 13.2 Å². The summed E-state index contributed by atoms with van der Waals surface area (Å²) in [6.45, 7) is 0. The van der Waals surface area contributed by atoms with Gasteiger partial charge < -0.3 is 0 Å². The summed E-state index contributed by atoms with van der Waals surface area (Å²) in [7, 11) is -3.53. The molecule has 0 heterocycles. The topological polar surface area (TPSA) is 63.2 Å². The Hall–Kier alpha value is -1.56. The zero-order valence-corrected chi connectivity index (χ0v) is 13.6. The van der Waals surface area contributed by atoms with Gasteiger partial charge >= 0.3 is 0 Å². The van der Waals surface area contributed by atoms with Crippen molar-refractivity contribution in [1.82, 2.24) is 4.72 Å². The summed E-state index contributed by atoms with van der Waals surface area (Å²) < 4.78 is 23.9. The smallest absolute Gasteiger partial charge is 0.264 e. The van der Waals surface area contributed by atoms with Gasteiger partial charge in [0.15, 0.2) is 0 Å². The van der Waals surface area contributed by atoms with Gasteiger partial charge in [-0.1, -0.05) is 42.5 Å². The summed E-state index contributed by atoms with van der Waals surface area (Å²) in [5, 5.41) is 0. The second-order valence-electron chi connectivity index (χ2n) is 4.15. The lowest BCUT2D eigenvalue weighted by Crippen LogP contribution is -2.29. The van der Waals surface area contributed by atoms with Gasteiger partial charge in [-0.05, 0) is 23.3 Å². The number of nitrogens with one attached hydrogen (secondary N) is 1. The van der Waals surface area contributed by atoms with Crippen LogP contribution in [0.1, 0.15) is 10.4 Å². The van der Waals surface area contributed by atoms with Gasteiger partial charge in [0.2, 0.25) is 10.0 Å². The molecular weight excluding hydrogens is 333 g/mol. The molecule has 114 valence electrons. The highest BCUT2D eigenvalue weighted by Crippen LogP contribution is 2.19. The Balaban J connectivity index is 0.00000200. The molecule has 0 spiro atoms. The minimum Gasteiger partial charge on any atom is -0.268 e. The lowest BCUT2D eigenvalue weighted by atomic mass is 10.0. The molecule has 4 nitrogen and oxygen atoms in total. The summed E-state index contributed by atoms with van der Waals surface area (Å²) in [5.41, 5.74) is 2.32. The second-order valence-corrected chi connectivity index (χ2v) is 5.90. The number of rotatable bonds is 3. The minimum absolute atomic E-state index is 0. The number of amides is 1. The first-order valence-electron chi connectivity index (χ1n) is 5.63. The second kappa shape index (κ2) is 8.02. The van der Waals surface area contributed by atoms with E-state index in [1.807, 2.05) is 35.1 Å². The zero-order valence-electron chi connectivity index (χ0n) is 11.1. The molecule has 0 aliphatic rings.